The number of Topliss-reactive ketones (excluding diaryl/α,β-unsaturated/α-hetero) is 1. The molecule has 0 spiro atoms. The molecule has 0 saturated heterocycles. The van der Waals surface area contributed by atoms with E-state index in [1.807, 2.05) is 32.9 Å². The van der Waals surface area contributed by atoms with Crippen molar-refractivity contribution in [2.75, 3.05) is 0 Å². The zero-order valence-corrected chi connectivity index (χ0v) is 16.6. The molecule has 2 aromatic heterocycles. The van der Waals surface area contributed by atoms with Gasteiger partial charge in [-0.3, -0.25) is 19.0 Å². The van der Waals surface area contributed by atoms with Gasteiger partial charge in [0.15, 0.2) is 5.78 Å². The van der Waals surface area contributed by atoms with Crippen LogP contribution in [-0.2, 0) is 13.0 Å². The standard InChI is InChI=1S/C20H21N3O3S/c1-5-15-22-19-16(12(4)17(27-19)18(21)25)20(26)23(15)9-14(24)13-7-6-10(2)11(3)8-13/h6-8H,5,9H2,1-4H3,(H2,21,25). The van der Waals surface area contributed by atoms with Crippen molar-refractivity contribution in [2.45, 2.75) is 40.7 Å². The van der Waals surface area contributed by atoms with Crippen LogP contribution in [0, 0.1) is 20.8 Å². The number of aromatic nitrogens is 2. The SMILES string of the molecule is CCc1nc2sc(C(N)=O)c(C)c2c(=O)n1CC(=O)c1ccc(C)c(C)c1. The molecule has 1 aromatic carbocycles. The molecule has 27 heavy (non-hydrogen) atoms. The first-order valence-electron chi connectivity index (χ1n) is 8.67. The second kappa shape index (κ2) is 7.08. The van der Waals surface area contributed by atoms with Crippen molar-refractivity contribution in [1.29, 1.82) is 0 Å². The molecule has 2 N–H and O–H groups in total. The van der Waals surface area contributed by atoms with Crippen molar-refractivity contribution >= 4 is 33.2 Å². The molecule has 0 atom stereocenters. The van der Waals surface area contributed by atoms with Gasteiger partial charge in [0.1, 0.15) is 10.7 Å². The number of carbonyl (C=O) groups excluding carboxylic acids is 2. The molecule has 6 nitrogen and oxygen atoms in total. The van der Waals surface area contributed by atoms with Gasteiger partial charge >= 0.3 is 0 Å². The molecule has 3 rings (SSSR count). The molecule has 3 aromatic rings. The van der Waals surface area contributed by atoms with Gasteiger partial charge in [-0.25, -0.2) is 4.98 Å². The van der Waals surface area contributed by atoms with E-state index in [2.05, 4.69) is 4.98 Å². The summed E-state index contributed by atoms with van der Waals surface area (Å²) in [5, 5.41) is 0.360. The summed E-state index contributed by atoms with van der Waals surface area (Å²) in [5.41, 5.74) is 8.31. The van der Waals surface area contributed by atoms with Crippen LogP contribution in [0.15, 0.2) is 23.0 Å². The summed E-state index contributed by atoms with van der Waals surface area (Å²) in [4.78, 5) is 42.8. The third-order valence-electron chi connectivity index (χ3n) is 4.80. The summed E-state index contributed by atoms with van der Waals surface area (Å²) in [6.07, 6.45) is 0.494. The first kappa shape index (κ1) is 19.0. The number of primary amides is 1. The lowest BCUT2D eigenvalue weighted by Crippen LogP contribution is -2.28. The fourth-order valence-electron chi connectivity index (χ4n) is 3.08. The van der Waals surface area contributed by atoms with Gasteiger partial charge in [-0.05, 0) is 43.5 Å². The molecule has 0 aliphatic heterocycles. The van der Waals surface area contributed by atoms with Gasteiger partial charge in [-0.1, -0.05) is 19.1 Å². The number of hydrogen-bond donors (Lipinski definition) is 1. The minimum Gasteiger partial charge on any atom is -0.365 e. The molecule has 140 valence electrons. The summed E-state index contributed by atoms with van der Waals surface area (Å²) in [6, 6.07) is 5.51. The van der Waals surface area contributed by atoms with Crippen LogP contribution in [0.25, 0.3) is 10.2 Å². The summed E-state index contributed by atoms with van der Waals surface area (Å²) in [5.74, 6) is -0.216. The predicted octanol–water partition coefficient (Wildman–Crippen LogP) is 2.93. The summed E-state index contributed by atoms with van der Waals surface area (Å²) < 4.78 is 1.41. The average Bonchev–Trinajstić information content (AvgIpc) is 2.96. The molecule has 1 amide bonds. The molecule has 0 aliphatic rings. The number of fused-ring (bicyclic) bond motifs is 1. The van der Waals surface area contributed by atoms with E-state index >= 15 is 0 Å². The number of carbonyl (C=O) groups is 2. The van der Waals surface area contributed by atoms with Gasteiger partial charge in [-0.15, -0.1) is 11.3 Å². The lowest BCUT2D eigenvalue weighted by atomic mass is 10.0. The number of thiophene rings is 1. The Balaban J connectivity index is 2.12. The minimum atomic E-state index is -0.578. The summed E-state index contributed by atoms with van der Waals surface area (Å²) >= 11 is 1.12. The second-order valence-electron chi connectivity index (χ2n) is 6.60. The van der Waals surface area contributed by atoms with Crippen molar-refractivity contribution in [3.63, 3.8) is 0 Å². The van der Waals surface area contributed by atoms with Gasteiger partial charge in [0.2, 0.25) is 0 Å². The smallest absolute Gasteiger partial charge is 0.262 e. The lowest BCUT2D eigenvalue weighted by molar-refractivity contribution is 0.0967. The first-order chi connectivity index (χ1) is 12.7. The monoisotopic (exact) mass is 383 g/mol. The predicted molar refractivity (Wildman–Crippen MR) is 107 cm³/mol. The van der Waals surface area contributed by atoms with Crippen molar-refractivity contribution in [3.8, 4) is 0 Å². The van der Waals surface area contributed by atoms with E-state index in [4.69, 9.17) is 5.73 Å². The van der Waals surface area contributed by atoms with Crippen LogP contribution in [0.4, 0.5) is 0 Å². The van der Waals surface area contributed by atoms with Crippen molar-refractivity contribution in [3.05, 3.63) is 61.5 Å². The third-order valence-corrected chi connectivity index (χ3v) is 6.00. The number of amides is 1. The second-order valence-corrected chi connectivity index (χ2v) is 7.59. The Bertz CT molecular complexity index is 1140. The van der Waals surface area contributed by atoms with Crippen LogP contribution in [0.1, 0.15) is 49.5 Å². The van der Waals surface area contributed by atoms with Crippen LogP contribution in [0.3, 0.4) is 0 Å². The molecule has 7 heteroatoms. The minimum absolute atomic E-state index is 0.0887. The Labute approximate surface area is 160 Å². The van der Waals surface area contributed by atoms with Crippen LogP contribution in [0.2, 0.25) is 0 Å². The third kappa shape index (κ3) is 3.30. The number of aryl methyl sites for hydroxylation is 4. The molecule has 0 fully saturated rings. The highest BCUT2D eigenvalue weighted by atomic mass is 32.1. The van der Waals surface area contributed by atoms with Gasteiger partial charge in [0.25, 0.3) is 11.5 Å². The number of nitrogens with zero attached hydrogens (tertiary/aromatic N) is 2. The maximum Gasteiger partial charge on any atom is 0.262 e. The van der Waals surface area contributed by atoms with Gasteiger partial charge < -0.3 is 5.73 Å². The Kier molecular flexibility index (Phi) is 4.97. The van der Waals surface area contributed by atoms with E-state index in [9.17, 15) is 14.4 Å². The van der Waals surface area contributed by atoms with Crippen molar-refractivity contribution in [1.82, 2.24) is 9.55 Å². The van der Waals surface area contributed by atoms with Crippen LogP contribution in [-0.4, -0.2) is 21.2 Å². The molecule has 0 unspecified atom stereocenters. The van der Waals surface area contributed by atoms with E-state index in [-0.39, 0.29) is 17.9 Å². The highest BCUT2D eigenvalue weighted by Crippen LogP contribution is 2.27. The number of hydrogen-bond acceptors (Lipinski definition) is 5. The molecule has 2 heterocycles. The Morgan fingerprint density at radius 3 is 2.48 bits per heavy atom. The number of nitrogens with two attached hydrogens (primary N) is 1. The maximum absolute atomic E-state index is 13.1. The largest absolute Gasteiger partial charge is 0.365 e. The van der Waals surface area contributed by atoms with E-state index in [0.29, 0.717) is 38.5 Å². The topological polar surface area (TPSA) is 95.0 Å². The van der Waals surface area contributed by atoms with Crippen LogP contribution < -0.4 is 11.3 Å². The lowest BCUT2D eigenvalue weighted by Gasteiger charge is -2.11. The molecular formula is C20H21N3O3S. The molecular weight excluding hydrogens is 362 g/mol. The zero-order chi connectivity index (χ0) is 19.9. The number of rotatable bonds is 5. The highest BCUT2D eigenvalue weighted by molar-refractivity contribution is 7.20. The number of benzene rings is 1. The van der Waals surface area contributed by atoms with E-state index in [1.54, 1.807) is 13.0 Å². The van der Waals surface area contributed by atoms with Crippen LogP contribution in [0.5, 0.6) is 0 Å². The van der Waals surface area contributed by atoms with E-state index < -0.39 is 5.91 Å². The molecule has 0 aliphatic carbocycles. The molecule has 0 radical (unpaired) electrons. The summed E-state index contributed by atoms with van der Waals surface area (Å²) in [6.45, 7) is 7.40. The Hall–Kier alpha value is -2.80. The quantitative estimate of drug-likeness (QED) is 0.685. The van der Waals surface area contributed by atoms with Crippen molar-refractivity contribution < 1.29 is 9.59 Å². The van der Waals surface area contributed by atoms with E-state index in [1.165, 1.54) is 4.57 Å². The normalized spacial score (nSPS) is 11.1. The fraction of sp³-hybridized carbons (Fsp3) is 0.300. The van der Waals surface area contributed by atoms with Crippen molar-refractivity contribution in [2.24, 2.45) is 5.73 Å². The van der Waals surface area contributed by atoms with Gasteiger partial charge in [0.05, 0.1) is 16.8 Å². The maximum atomic E-state index is 13.1. The molecule has 0 bridgehead atoms. The Morgan fingerprint density at radius 1 is 1.19 bits per heavy atom. The highest BCUT2D eigenvalue weighted by Gasteiger charge is 2.21. The average molecular weight is 383 g/mol. The van der Waals surface area contributed by atoms with Gasteiger partial charge in [0, 0.05) is 12.0 Å². The van der Waals surface area contributed by atoms with E-state index in [0.717, 1.165) is 22.5 Å². The Morgan fingerprint density at radius 2 is 1.89 bits per heavy atom. The van der Waals surface area contributed by atoms with Crippen LogP contribution >= 0.6 is 11.3 Å². The molecule has 0 saturated carbocycles. The first-order valence-corrected chi connectivity index (χ1v) is 9.49. The fourth-order valence-corrected chi connectivity index (χ4v) is 4.12. The number of ketones is 1. The van der Waals surface area contributed by atoms with Gasteiger partial charge in [-0.2, -0.15) is 0 Å². The zero-order valence-electron chi connectivity index (χ0n) is 15.8. The summed E-state index contributed by atoms with van der Waals surface area (Å²) in [7, 11) is 0.